The average Bonchev–Trinajstić information content (AvgIpc) is 2.70. The molecule has 0 spiro atoms. The van der Waals surface area contributed by atoms with Gasteiger partial charge in [-0.2, -0.15) is 0 Å². The highest BCUT2D eigenvalue weighted by Crippen LogP contribution is 2.24. The normalized spacial score (nSPS) is 10.6. The van der Waals surface area contributed by atoms with E-state index in [1.807, 2.05) is 32.0 Å². The Hall–Kier alpha value is -3.28. The number of anilines is 2. The van der Waals surface area contributed by atoms with Gasteiger partial charge < -0.3 is 10.2 Å². The average molecular weight is 392 g/mol. The zero-order valence-electron chi connectivity index (χ0n) is 16.9. The molecule has 1 amide bonds. The van der Waals surface area contributed by atoms with Gasteiger partial charge >= 0.3 is 0 Å². The van der Waals surface area contributed by atoms with Gasteiger partial charge in [0.25, 0.3) is 5.91 Å². The standard InChI is InChI=1S/C23H25FN4O/c1-4-28(20-7-5-6-16(2)14-20)22-15-21(26-17(3)27-22)23(29)25-13-12-18-8-10-19(24)11-9-18/h5-11,14-15H,4,12-13H2,1-3H3,(H,25,29). The molecule has 0 saturated carbocycles. The zero-order chi connectivity index (χ0) is 20.8. The molecule has 150 valence electrons. The van der Waals surface area contributed by atoms with Crippen LogP contribution in [0.4, 0.5) is 15.9 Å². The van der Waals surface area contributed by atoms with Crippen molar-refractivity contribution in [1.29, 1.82) is 0 Å². The molecule has 0 bridgehead atoms. The number of hydrogen-bond donors (Lipinski definition) is 1. The predicted molar refractivity (Wildman–Crippen MR) is 113 cm³/mol. The summed E-state index contributed by atoms with van der Waals surface area (Å²) in [6.45, 7) is 7.03. The van der Waals surface area contributed by atoms with Crippen LogP contribution in [0, 0.1) is 19.7 Å². The number of nitrogens with zero attached hydrogens (tertiary/aromatic N) is 3. The second-order valence-corrected chi connectivity index (χ2v) is 6.87. The maximum absolute atomic E-state index is 13.0. The van der Waals surface area contributed by atoms with Crippen molar-refractivity contribution in [3.05, 3.63) is 83.1 Å². The SMILES string of the molecule is CCN(c1cccc(C)c1)c1cc(C(=O)NCCc2ccc(F)cc2)nc(C)n1. The fraction of sp³-hybridized carbons (Fsp3) is 0.261. The van der Waals surface area contributed by atoms with Crippen LogP contribution >= 0.6 is 0 Å². The Balaban J connectivity index is 1.73. The highest BCUT2D eigenvalue weighted by molar-refractivity contribution is 5.93. The minimum Gasteiger partial charge on any atom is -0.350 e. The fourth-order valence-electron chi connectivity index (χ4n) is 3.14. The lowest BCUT2D eigenvalue weighted by molar-refractivity contribution is 0.0948. The van der Waals surface area contributed by atoms with Crippen LogP contribution in [-0.4, -0.2) is 29.0 Å². The summed E-state index contributed by atoms with van der Waals surface area (Å²) in [5.74, 6) is 0.710. The first-order chi connectivity index (χ1) is 14.0. The van der Waals surface area contributed by atoms with Gasteiger partial charge in [0, 0.05) is 24.8 Å². The van der Waals surface area contributed by atoms with Gasteiger partial charge in [0.1, 0.15) is 23.2 Å². The predicted octanol–water partition coefficient (Wildman–Crippen LogP) is 4.36. The molecule has 0 aliphatic carbocycles. The summed E-state index contributed by atoms with van der Waals surface area (Å²) in [6.07, 6.45) is 0.618. The third-order valence-electron chi connectivity index (χ3n) is 4.58. The number of carbonyl (C=O) groups is 1. The number of nitrogens with one attached hydrogen (secondary N) is 1. The number of rotatable bonds is 7. The highest BCUT2D eigenvalue weighted by atomic mass is 19.1. The van der Waals surface area contributed by atoms with Crippen LogP contribution in [0.1, 0.15) is 34.4 Å². The molecular weight excluding hydrogens is 367 g/mol. The Morgan fingerprint density at radius 3 is 2.52 bits per heavy atom. The van der Waals surface area contributed by atoms with E-state index >= 15 is 0 Å². The van der Waals surface area contributed by atoms with E-state index in [1.54, 1.807) is 25.1 Å². The van der Waals surface area contributed by atoms with Crippen LogP contribution in [0.2, 0.25) is 0 Å². The fourth-order valence-corrected chi connectivity index (χ4v) is 3.14. The van der Waals surface area contributed by atoms with Gasteiger partial charge in [0.2, 0.25) is 0 Å². The second-order valence-electron chi connectivity index (χ2n) is 6.87. The monoisotopic (exact) mass is 392 g/mol. The van der Waals surface area contributed by atoms with E-state index in [1.165, 1.54) is 12.1 Å². The minimum absolute atomic E-state index is 0.251. The van der Waals surface area contributed by atoms with Gasteiger partial charge in [0.05, 0.1) is 0 Å². The number of benzene rings is 2. The van der Waals surface area contributed by atoms with Gasteiger partial charge in [-0.05, 0) is 62.6 Å². The number of hydrogen-bond acceptors (Lipinski definition) is 4. The van der Waals surface area contributed by atoms with Gasteiger partial charge in [0.15, 0.2) is 0 Å². The Bertz CT molecular complexity index is 988. The van der Waals surface area contributed by atoms with Crippen LogP contribution in [0.3, 0.4) is 0 Å². The minimum atomic E-state index is -0.268. The number of aromatic nitrogens is 2. The van der Waals surface area contributed by atoms with Crippen LogP contribution in [-0.2, 0) is 6.42 Å². The third kappa shape index (κ3) is 5.38. The van der Waals surface area contributed by atoms with Crippen molar-refractivity contribution in [3.8, 4) is 0 Å². The maximum atomic E-state index is 13.0. The van der Waals surface area contributed by atoms with Gasteiger partial charge in [-0.3, -0.25) is 4.79 Å². The Labute approximate surface area is 170 Å². The summed E-state index contributed by atoms with van der Waals surface area (Å²) in [5.41, 5.74) is 3.47. The molecular formula is C23H25FN4O. The first kappa shape index (κ1) is 20.5. The molecule has 0 unspecified atom stereocenters. The summed E-state index contributed by atoms with van der Waals surface area (Å²) >= 11 is 0. The van der Waals surface area contributed by atoms with E-state index < -0.39 is 0 Å². The number of aryl methyl sites for hydroxylation is 2. The van der Waals surface area contributed by atoms with Crippen molar-refractivity contribution < 1.29 is 9.18 Å². The zero-order valence-corrected chi connectivity index (χ0v) is 16.9. The Morgan fingerprint density at radius 2 is 1.83 bits per heavy atom. The van der Waals surface area contributed by atoms with Crippen LogP contribution in [0.25, 0.3) is 0 Å². The van der Waals surface area contributed by atoms with Crippen molar-refractivity contribution in [3.63, 3.8) is 0 Å². The van der Waals surface area contributed by atoms with Crippen molar-refractivity contribution in [2.45, 2.75) is 27.2 Å². The van der Waals surface area contributed by atoms with E-state index in [0.29, 0.717) is 36.8 Å². The molecule has 0 saturated heterocycles. The van der Waals surface area contributed by atoms with Crippen molar-refractivity contribution in [1.82, 2.24) is 15.3 Å². The van der Waals surface area contributed by atoms with E-state index in [-0.39, 0.29) is 11.7 Å². The first-order valence-corrected chi connectivity index (χ1v) is 9.69. The van der Waals surface area contributed by atoms with Crippen molar-refractivity contribution in [2.75, 3.05) is 18.0 Å². The van der Waals surface area contributed by atoms with Crippen molar-refractivity contribution in [2.24, 2.45) is 0 Å². The summed E-state index contributed by atoms with van der Waals surface area (Å²) in [5, 5.41) is 2.88. The molecule has 2 aromatic carbocycles. The summed E-state index contributed by atoms with van der Waals surface area (Å²) in [6, 6.07) is 16.1. The lowest BCUT2D eigenvalue weighted by atomic mass is 10.1. The molecule has 0 radical (unpaired) electrons. The largest absolute Gasteiger partial charge is 0.350 e. The molecule has 1 N–H and O–H groups in total. The molecule has 6 heteroatoms. The molecule has 1 heterocycles. The summed E-state index contributed by atoms with van der Waals surface area (Å²) in [7, 11) is 0. The van der Waals surface area contributed by atoms with Gasteiger partial charge in [-0.1, -0.05) is 24.3 Å². The van der Waals surface area contributed by atoms with Gasteiger partial charge in [-0.25, -0.2) is 14.4 Å². The smallest absolute Gasteiger partial charge is 0.270 e. The van der Waals surface area contributed by atoms with E-state index in [2.05, 4.69) is 26.3 Å². The van der Waals surface area contributed by atoms with Crippen LogP contribution in [0.15, 0.2) is 54.6 Å². The quantitative estimate of drug-likeness (QED) is 0.649. The van der Waals surface area contributed by atoms with Crippen LogP contribution in [0.5, 0.6) is 0 Å². The molecule has 3 rings (SSSR count). The van der Waals surface area contributed by atoms with Crippen molar-refractivity contribution >= 4 is 17.4 Å². The Morgan fingerprint density at radius 1 is 1.07 bits per heavy atom. The third-order valence-corrected chi connectivity index (χ3v) is 4.58. The van der Waals surface area contributed by atoms with Crippen LogP contribution < -0.4 is 10.2 Å². The van der Waals surface area contributed by atoms with E-state index in [0.717, 1.165) is 16.8 Å². The molecule has 1 aromatic heterocycles. The molecule has 0 aliphatic rings. The summed E-state index contributed by atoms with van der Waals surface area (Å²) in [4.78, 5) is 23.5. The molecule has 3 aromatic rings. The second kappa shape index (κ2) is 9.28. The van der Waals surface area contributed by atoms with E-state index in [4.69, 9.17) is 0 Å². The number of halogens is 1. The Kier molecular flexibility index (Phi) is 6.54. The maximum Gasteiger partial charge on any atom is 0.270 e. The molecule has 29 heavy (non-hydrogen) atoms. The molecule has 0 fully saturated rings. The lowest BCUT2D eigenvalue weighted by Gasteiger charge is -2.23. The summed E-state index contributed by atoms with van der Waals surface area (Å²) < 4.78 is 13.0. The number of carbonyl (C=O) groups excluding carboxylic acids is 1. The number of amides is 1. The first-order valence-electron chi connectivity index (χ1n) is 9.69. The van der Waals surface area contributed by atoms with E-state index in [9.17, 15) is 9.18 Å². The lowest BCUT2D eigenvalue weighted by Crippen LogP contribution is -2.27. The topological polar surface area (TPSA) is 58.1 Å². The highest BCUT2D eigenvalue weighted by Gasteiger charge is 2.15. The molecule has 0 aliphatic heterocycles. The molecule has 5 nitrogen and oxygen atoms in total. The molecule has 0 atom stereocenters. The van der Waals surface area contributed by atoms with Gasteiger partial charge in [-0.15, -0.1) is 0 Å².